The van der Waals surface area contributed by atoms with Gasteiger partial charge in [-0.1, -0.05) is 17.3 Å². The van der Waals surface area contributed by atoms with Gasteiger partial charge in [0.2, 0.25) is 5.91 Å². The lowest BCUT2D eigenvalue weighted by Crippen LogP contribution is -2.21. The van der Waals surface area contributed by atoms with Crippen molar-refractivity contribution in [3.63, 3.8) is 0 Å². The van der Waals surface area contributed by atoms with Crippen LogP contribution in [0.15, 0.2) is 29.4 Å². The van der Waals surface area contributed by atoms with E-state index >= 15 is 0 Å². The first-order chi connectivity index (χ1) is 10.2. The molecule has 0 saturated heterocycles. The van der Waals surface area contributed by atoms with E-state index in [1.165, 1.54) is 0 Å². The van der Waals surface area contributed by atoms with Crippen molar-refractivity contribution in [1.82, 2.24) is 0 Å². The third kappa shape index (κ3) is 6.62. The lowest BCUT2D eigenvalue weighted by atomic mass is 10.2. The Kier molecular flexibility index (Phi) is 7.67. The van der Waals surface area contributed by atoms with Crippen molar-refractivity contribution in [2.45, 2.75) is 19.8 Å². The lowest BCUT2D eigenvalue weighted by molar-refractivity contribution is -0.116. The van der Waals surface area contributed by atoms with Crippen molar-refractivity contribution in [3.8, 4) is 5.75 Å². The molecule has 0 aromatic heterocycles. The first kappa shape index (κ1) is 16.8. The molecule has 0 spiro atoms. The number of hydrogen-bond donors (Lipinski definition) is 3. The zero-order chi connectivity index (χ0) is 15.5. The number of benzene rings is 1. The van der Waals surface area contributed by atoms with Crippen molar-refractivity contribution in [2.75, 3.05) is 25.1 Å². The van der Waals surface area contributed by atoms with Gasteiger partial charge < -0.3 is 25.7 Å². The predicted molar refractivity (Wildman–Crippen MR) is 79.7 cm³/mol. The number of hydrogen-bond acceptors (Lipinski definition) is 5. The van der Waals surface area contributed by atoms with Crippen LogP contribution >= 0.6 is 0 Å². The average Bonchev–Trinajstić information content (AvgIpc) is 2.50. The van der Waals surface area contributed by atoms with Crippen LogP contribution in [0, 0.1) is 0 Å². The summed E-state index contributed by atoms with van der Waals surface area (Å²) in [5.41, 5.74) is 5.89. The molecule has 0 aliphatic carbocycles. The van der Waals surface area contributed by atoms with E-state index < -0.39 is 0 Å². The highest BCUT2D eigenvalue weighted by Gasteiger charge is 2.08. The Labute approximate surface area is 123 Å². The number of nitrogens with one attached hydrogen (secondary N) is 1. The van der Waals surface area contributed by atoms with Crippen LogP contribution in [0.3, 0.4) is 0 Å². The monoisotopic (exact) mass is 295 g/mol. The van der Waals surface area contributed by atoms with Gasteiger partial charge in [-0.3, -0.25) is 4.79 Å². The molecule has 7 nitrogen and oxygen atoms in total. The van der Waals surface area contributed by atoms with Gasteiger partial charge >= 0.3 is 0 Å². The Hall–Kier alpha value is -2.28. The van der Waals surface area contributed by atoms with Crippen molar-refractivity contribution >= 4 is 17.4 Å². The molecule has 21 heavy (non-hydrogen) atoms. The molecule has 0 atom stereocenters. The van der Waals surface area contributed by atoms with Crippen LogP contribution in [-0.4, -0.2) is 36.8 Å². The molecular formula is C14H21N3O4. The number of oxime groups is 1. The number of rotatable bonds is 9. The van der Waals surface area contributed by atoms with Crippen molar-refractivity contribution in [3.05, 3.63) is 24.3 Å². The number of amides is 1. The number of carbonyl (C=O) groups is 1. The highest BCUT2D eigenvalue weighted by molar-refractivity contribution is 5.92. The third-order valence-corrected chi connectivity index (χ3v) is 2.56. The topological polar surface area (TPSA) is 106 Å². The summed E-state index contributed by atoms with van der Waals surface area (Å²) < 4.78 is 10.6. The maximum atomic E-state index is 11.8. The van der Waals surface area contributed by atoms with Crippen molar-refractivity contribution < 1.29 is 19.5 Å². The number of nitrogens with zero attached hydrogens (tertiary/aromatic N) is 1. The van der Waals surface area contributed by atoms with Crippen LogP contribution in [0.1, 0.15) is 19.8 Å². The fraction of sp³-hybridized carbons (Fsp3) is 0.429. The van der Waals surface area contributed by atoms with Crippen LogP contribution in [0.4, 0.5) is 5.69 Å². The largest absolute Gasteiger partial charge is 0.483 e. The summed E-state index contributed by atoms with van der Waals surface area (Å²) in [6.45, 7) is 3.06. The molecule has 4 N–H and O–H groups in total. The molecular weight excluding hydrogens is 274 g/mol. The van der Waals surface area contributed by atoms with E-state index in [9.17, 15) is 4.79 Å². The summed E-state index contributed by atoms with van der Waals surface area (Å²) in [4.78, 5) is 11.8. The number of anilines is 1. The Balaban J connectivity index is 2.52. The zero-order valence-corrected chi connectivity index (χ0v) is 12.0. The zero-order valence-electron chi connectivity index (χ0n) is 12.0. The van der Waals surface area contributed by atoms with Crippen LogP contribution in [0.25, 0.3) is 0 Å². The molecule has 1 amide bonds. The smallest absolute Gasteiger partial charge is 0.224 e. The molecule has 1 aromatic rings. The molecule has 1 aromatic carbocycles. The third-order valence-electron chi connectivity index (χ3n) is 2.56. The number of amidine groups is 1. The molecule has 0 bridgehead atoms. The lowest BCUT2D eigenvalue weighted by Gasteiger charge is -2.12. The van der Waals surface area contributed by atoms with Gasteiger partial charge in [0.15, 0.2) is 5.84 Å². The van der Waals surface area contributed by atoms with Gasteiger partial charge in [-0.15, -0.1) is 0 Å². The summed E-state index contributed by atoms with van der Waals surface area (Å²) in [6, 6.07) is 6.97. The normalized spacial score (nSPS) is 11.2. The second kappa shape index (κ2) is 9.60. The van der Waals surface area contributed by atoms with Crippen LogP contribution in [0.5, 0.6) is 5.75 Å². The summed E-state index contributed by atoms with van der Waals surface area (Å²) in [7, 11) is 0. The van der Waals surface area contributed by atoms with Crippen molar-refractivity contribution in [2.24, 2.45) is 10.9 Å². The van der Waals surface area contributed by atoms with Gasteiger partial charge in [0, 0.05) is 19.6 Å². The molecule has 0 unspecified atom stereocenters. The van der Waals surface area contributed by atoms with Crippen LogP contribution < -0.4 is 15.8 Å². The number of ether oxygens (including phenoxy) is 2. The molecule has 0 saturated carbocycles. The summed E-state index contributed by atoms with van der Waals surface area (Å²) in [5.74, 6) is 0.296. The van der Waals surface area contributed by atoms with Gasteiger partial charge in [-0.2, -0.15) is 0 Å². The maximum Gasteiger partial charge on any atom is 0.224 e. The average molecular weight is 295 g/mol. The minimum atomic E-state index is -0.116. The van der Waals surface area contributed by atoms with Gasteiger partial charge in [-0.05, 0) is 25.5 Å². The van der Waals surface area contributed by atoms with Crippen molar-refractivity contribution in [1.29, 1.82) is 0 Å². The Morgan fingerprint density at radius 2 is 2.19 bits per heavy atom. The quantitative estimate of drug-likeness (QED) is 0.211. The standard InChI is InChI=1S/C14H21N3O4/c1-2-20-9-5-8-14(18)16-11-6-3-4-7-12(11)21-10-13(15)17-19/h3-4,6-7,19H,2,5,8-10H2,1H3,(H2,15,17)(H,16,18). The summed E-state index contributed by atoms with van der Waals surface area (Å²) in [6.07, 6.45) is 1.03. The molecule has 1 rings (SSSR count). The van der Waals surface area contributed by atoms with E-state index in [1.807, 2.05) is 6.92 Å². The van der Waals surface area contributed by atoms with E-state index in [0.29, 0.717) is 37.5 Å². The number of para-hydroxylation sites is 2. The van der Waals surface area contributed by atoms with E-state index in [2.05, 4.69) is 10.5 Å². The molecule has 0 aliphatic heterocycles. The number of carbonyl (C=O) groups excluding carboxylic acids is 1. The van der Waals surface area contributed by atoms with Gasteiger partial charge in [0.1, 0.15) is 12.4 Å². The van der Waals surface area contributed by atoms with Gasteiger partial charge in [0.05, 0.1) is 5.69 Å². The highest BCUT2D eigenvalue weighted by atomic mass is 16.5. The second-order valence-corrected chi connectivity index (χ2v) is 4.22. The fourth-order valence-corrected chi connectivity index (χ4v) is 1.57. The van der Waals surface area contributed by atoms with Gasteiger partial charge in [0.25, 0.3) is 0 Å². The Morgan fingerprint density at radius 3 is 2.90 bits per heavy atom. The van der Waals surface area contributed by atoms with E-state index in [4.69, 9.17) is 20.4 Å². The van der Waals surface area contributed by atoms with Crippen LogP contribution in [-0.2, 0) is 9.53 Å². The second-order valence-electron chi connectivity index (χ2n) is 4.22. The molecule has 0 heterocycles. The Bertz CT molecular complexity index is 477. The Morgan fingerprint density at radius 1 is 1.43 bits per heavy atom. The SMILES string of the molecule is CCOCCCC(=O)Nc1ccccc1OC/C(N)=N/O. The maximum absolute atomic E-state index is 11.8. The van der Waals surface area contributed by atoms with Crippen LogP contribution in [0.2, 0.25) is 0 Å². The highest BCUT2D eigenvalue weighted by Crippen LogP contribution is 2.23. The van der Waals surface area contributed by atoms with E-state index in [-0.39, 0.29) is 18.3 Å². The minimum absolute atomic E-state index is 0.0483. The van der Waals surface area contributed by atoms with E-state index in [1.54, 1.807) is 24.3 Å². The first-order valence-electron chi connectivity index (χ1n) is 6.73. The van der Waals surface area contributed by atoms with E-state index in [0.717, 1.165) is 0 Å². The first-order valence-corrected chi connectivity index (χ1v) is 6.73. The van der Waals surface area contributed by atoms with Gasteiger partial charge in [-0.25, -0.2) is 0 Å². The fourth-order valence-electron chi connectivity index (χ4n) is 1.57. The summed E-state index contributed by atoms with van der Waals surface area (Å²) >= 11 is 0. The molecule has 7 heteroatoms. The summed E-state index contributed by atoms with van der Waals surface area (Å²) in [5, 5.41) is 14.1. The molecule has 0 fully saturated rings. The number of nitrogens with two attached hydrogens (primary N) is 1. The molecule has 0 radical (unpaired) electrons. The predicted octanol–water partition coefficient (Wildman–Crippen LogP) is 1.57. The minimum Gasteiger partial charge on any atom is -0.483 e. The molecule has 0 aliphatic rings. The molecule has 116 valence electrons.